The van der Waals surface area contributed by atoms with Crippen LogP contribution < -0.4 is 0 Å². The molecule has 240 valence electrons. The molecule has 0 saturated heterocycles. The van der Waals surface area contributed by atoms with Crippen LogP contribution in [-0.4, -0.2) is 17.7 Å². The van der Waals surface area contributed by atoms with Crippen molar-refractivity contribution in [1.29, 1.82) is 0 Å². The van der Waals surface area contributed by atoms with Gasteiger partial charge in [0.2, 0.25) is 0 Å². The predicted molar refractivity (Wildman–Crippen MR) is 186 cm³/mol. The lowest BCUT2D eigenvalue weighted by Gasteiger charge is -2.33. The second-order valence-electron chi connectivity index (χ2n) is 13.6. The summed E-state index contributed by atoms with van der Waals surface area (Å²) in [6, 6.07) is 24.0. The molecule has 0 radical (unpaired) electrons. The lowest BCUT2D eigenvalue weighted by molar-refractivity contribution is 0.0497. The Bertz CT molecular complexity index is 1170. The van der Waals surface area contributed by atoms with Crippen LogP contribution in [0.25, 0.3) is 0 Å². The molecule has 3 aromatic rings. The first-order valence-corrected chi connectivity index (χ1v) is 17.4. The van der Waals surface area contributed by atoms with Gasteiger partial charge >= 0.3 is 5.97 Å². The highest BCUT2D eigenvalue weighted by Gasteiger charge is 2.34. The van der Waals surface area contributed by atoms with Crippen molar-refractivity contribution in [2.45, 2.75) is 135 Å². The van der Waals surface area contributed by atoms with E-state index in [1.807, 2.05) is 48.5 Å². The third-order valence-corrected chi connectivity index (χ3v) is 9.41. The number of carbonyl (C=O) groups is 1. The Labute approximate surface area is 268 Å². The van der Waals surface area contributed by atoms with E-state index in [1.165, 1.54) is 77.0 Å². The topological polar surface area (TPSA) is 46.5 Å². The van der Waals surface area contributed by atoms with E-state index < -0.39 is 10.8 Å². The van der Waals surface area contributed by atoms with Crippen LogP contribution in [0.2, 0.25) is 0 Å². The maximum Gasteiger partial charge on any atom is 0.338 e. The summed E-state index contributed by atoms with van der Waals surface area (Å²) in [4.78, 5) is 13.4. The Hall–Kier alpha value is -3.07. The van der Waals surface area contributed by atoms with Crippen LogP contribution in [0.3, 0.4) is 0 Å². The van der Waals surface area contributed by atoms with Gasteiger partial charge in [0, 0.05) is 22.0 Å². The molecule has 0 aliphatic rings. The highest BCUT2D eigenvalue weighted by molar-refractivity contribution is 5.90. The Morgan fingerprint density at radius 2 is 0.955 bits per heavy atom. The van der Waals surface area contributed by atoms with Crippen LogP contribution in [0.15, 0.2) is 72.8 Å². The monoisotopic (exact) mass is 598 g/mol. The maximum atomic E-state index is 13.4. The smallest absolute Gasteiger partial charge is 0.338 e. The van der Waals surface area contributed by atoms with E-state index in [-0.39, 0.29) is 11.7 Å². The van der Waals surface area contributed by atoms with Gasteiger partial charge in [0.05, 0.1) is 12.2 Å². The molecule has 3 aromatic carbocycles. The standard InChI is InChI=1S/C41H58O3/c1-6-7-8-9-10-11-12-13-14-15-16-17-18-25-30-44-39(43)33-31-36(40(2,3)34-26-21-19-22-27-34)38(42)37(32-33)41(4,5)35-28-23-20-24-29-35/h19-24,26-29,31-32,42H,6-18,25,30H2,1-5H3. The second-order valence-corrected chi connectivity index (χ2v) is 13.6. The molecule has 0 aromatic heterocycles. The summed E-state index contributed by atoms with van der Waals surface area (Å²) >= 11 is 0. The number of benzene rings is 3. The Kier molecular flexibility index (Phi) is 14.5. The molecular formula is C41H58O3. The average Bonchev–Trinajstić information content (AvgIpc) is 3.03. The molecule has 0 aliphatic carbocycles. The molecule has 0 bridgehead atoms. The van der Waals surface area contributed by atoms with Crippen LogP contribution in [0.4, 0.5) is 0 Å². The molecule has 0 spiro atoms. The molecular weight excluding hydrogens is 540 g/mol. The minimum absolute atomic E-state index is 0.233. The molecule has 3 rings (SSSR count). The van der Waals surface area contributed by atoms with E-state index in [1.54, 1.807) is 0 Å². The van der Waals surface area contributed by atoms with Gasteiger partial charge in [-0.3, -0.25) is 0 Å². The molecule has 44 heavy (non-hydrogen) atoms. The molecule has 0 atom stereocenters. The number of carbonyl (C=O) groups excluding carboxylic acids is 1. The van der Waals surface area contributed by atoms with E-state index >= 15 is 0 Å². The van der Waals surface area contributed by atoms with E-state index in [2.05, 4.69) is 58.9 Å². The first-order chi connectivity index (χ1) is 21.2. The van der Waals surface area contributed by atoms with E-state index in [0.717, 1.165) is 35.1 Å². The van der Waals surface area contributed by atoms with Crippen molar-refractivity contribution in [3.05, 3.63) is 101 Å². The number of ether oxygens (including phenoxy) is 1. The number of hydrogen-bond donors (Lipinski definition) is 1. The molecule has 0 heterocycles. The summed E-state index contributed by atoms with van der Waals surface area (Å²) in [7, 11) is 0. The van der Waals surface area contributed by atoms with Gasteiger partial charge in [-0.25, -0.2) is 4.79 Å². The van der Waals surface area contributed by atoms with Crippen LogP contribution >= 0.6 is 0 Å². The summed E-state index contributed by atoms with van der Waals surface area (Å²) in [5.74, 6) is -0.0915. The summed E-state index contributed by atoms with van der Waals surface area (Å²) in [5, 5.41) is 11.8. The first kappa shape index (κ1) is 35.4. The molecule has 0 unspecified atom stereocenters. The van der Waals surface area contributed by atoms with Crippen molar-refractivity contribution in [1.82, 2.24) is 0 Å². The van der Waals surface area contributed by atoms with Gasteiger partial charge in [-0.05, 0) is 29.7 Å². The maximum absolute atomic E-state index is 13.4. The zero-order chi connectivity index (χ0) is 31.8. The number of rotatable bonds is 20. The van der Waals surface area contributed by atoms with Gasteiger partial charge in [-0.1, -0.05) is 179 Å². The largest absolute Gasteiger partial charge is 0.507 e. The third kappa shape index (κ3) is 10.2. The summed E-state index contributed by atoms with van der Waals surface area (Å²) in [6.07, 6.45) is 18.1. The SMILES string of the molecule is CCCCCCCCCCCCCCCCOC(=O)c1cc(C(C)(C)c2ccccc2)c(O)c(C(C)(C)c2ccccc2)c1. The molecule has 3 nitrogen and oxygen atoms in total. The lowest BCUT2D eigenvalue weighted by atomic mass is 9.71. The molecule has 1 N–H and O–H groups in total. The summed E-state index contributed by atoms with van der Waals surface area (Å²) < 4.78 is 5.80. The third-order valence-electron chi connectivity index (χ3n) is 9.41. The highest BCUT2D eigenvalue weighted by Crippen LogP contribution is 2.45. The lowest BCUT2D eigenvalue weighted by Crippen LogP contribution is -2.25. The van der Waals surface area contributed by atoms with Crippen molar-refractivity contribution in [3.63, 3.8) is 0 Å². The summed E-state index contributed by atoms with van der Waals surface area (Å²) in [6.45, 7) is 11.1. The molecule has 0 aliphatic heterocycles. The number of esters is 1. The fourth-order valence-corrected chi connectivity index (χ4v) is 6.27. The van der Waals surface area contributed by atoms with Crippen LogP contribution in [0.5, 0.6) is 5.75 Å². The normalized spacial score (nSPS) is 11.9. The van der Waals surface area contributed by atoms with Crippen LogP contribution in [0, 0.1) is 0 Å². The number of unbranched alkanes of at least 4 members (excludes halogenated alkanes) is 13. The van der Waals surface area contributed by atoms with Crippen molar-refractivity contribution in [3.8, 4) is 5.75 Å². The van der Waals surface area contributed by atoms with Crippen molar-refractivity contribution in [2.75, 3.05) is 6.61 Å². The highest BCUT2D eigenvalue weighted by atomic mass is 16.5. The minimum atomic E-state index is -0.516. The second kappa shape index (κ2) is 18.0. The van der Waals surface area contributed by atoms with Gasteiger partial charge < -0.3 is 9.84 Å². The minimum Gasteiger partial charge on any atom is -0.507 e. The first-order valence-electron chi connectivity index (χ1n) is 17.4. The Balaban J connectivity index is 1.58. The van der Waals surface area contributed by atoms with Gasteiger partial charge in [0.1, 0.15) is 5.75 Å². The number of aromatic hydroxyl groups is 1. The van der Waals surface area contributed by atoms with Gasteiger partial charge in [0.25, 0.3) is 0 Å². The fraction of sp³-hybridized carbons (Fsp3) is 0.537. The van der Waals surface area contributed by atoms with Gasteiger partial charge in [-0.15, -0.1) is 0 Å². The molecule has 3 heteroatoms. The number of hydrogen-bond acceptors (Lipinski definition) is 3. The van der Waals surface area contributed by atoms with Crippen LogP contribution in [0.1, 0.15) is 157 Å². The molecule has 0 amide bonds. The Morgan fingerprint density at radius 1 is 0.591 bits per heavy atom. The quantitative estimate of drug-likeness (QED) is 0.104. The zero-order valence-corrected chi connectivity index (χ0v) is 28.3. The fourth-order valence-electron chi connectivity index (χ4n) is 6.27. The number of phenolic OH excluding ortho intramolecular Hbond substituents is 1. The average molecular weight is 599 g/mol. The Morgan fingerprint density at radius 3 is 1.34 bits per heavy atom. The molecule has 0 saturated carbocycles. The van der Waals surface area contributed by atoms with Gasteiger partial charge in [0.15, 0.2) is 0 Å². The van der Waals surface area contributed by atoms with E-state index in [4.69, 9.17) is 4.74 Å². The van der Waals surface area contributed by atoms with E-state index in [0.29, 0.717) is 12.2 Å². The molecule has 0 fully saturated rings. The summed E-state index contributed by atoms with van der Waals surface area (Å²) in [5.41, 5.74) is 3.07. The van der Waals surface area contributed by atoms with Crippen molar-refractivity contribution >= 4 is 5.97 Å². The predicted octanol–water partition coefficient (Wildman–Crippen LogP) is 11.7. The van der Waals surface area contributed by atoms with Crippen molar-refractivity contribution < 1.29 is 14.6 Å². The zero-order valence-electron chi connectivity index (χ0n) is 28.3. The van der Waals surface area contributed by atoms with Gasteiger partial charge in [-0.2, -0.15) is 0 Å². The number of phenols is 1. The van der Waals surface area contributed by atoms with E-state index in [9.17, 15) is 9.90 Å². The van der Waals surface area contributed by atoms with Crippen molar-refractivity contribution in [2.24, 2.45) is 0 Å². The van der Waals surface area contributed by atoms with Crippen LogP contribution in [-0.2, 0) is 15.6 Å².